The fourth-order valence-electron chi connectivity index (χ4n) is 2.11. The predicted molar refractivity (Wildman–Crippen MR) is 87.4 cm³/mol. The quantitative estimate of drug-likeness (QED) is 0.854. The van der Waals surface area contributed by atoms with Gasteiger partial charge in [0.05, 0.1) is 0 Å². The third-order valence-electron chi connectivity index (χ3n) is 3.38. The Morgan fingerprint density at radius 1 is 1.05 bits per heavy atom. The van der Waals surface area contributed by atoms with Crippen molar-refractivity contribution in [3.05, 3.63) is 65.7 Å². The average molecular weight is 298 g/mol. The van der Waals surface area contributed by atoms with E-state index in [0.717, 1.165) is 16.9 Å². The molecule has 0 unspecified atom stereocenters. The summed E-state index contributed by atoms with van der Waals surface area (Å²) in [7, 11) is 1.79. The number of carbonyl (C=O) groups excluding carboxylic acids is 1. The Kier molecular flexibility index (Phi) is 5.98. The van der Waals surface area contributed by atoms with E-state index in [9.17, 15) is 4.79 Å². The summed E-state index contributed by atoms with van der Waals surface area (Å²) in [6, 6.07) is 17.9. The summed E-state index contributed by atoms with van der Waals surface area (Å²) in [6.07, 6.45) is 0.384. The molecule has 2 aromatic rings. The minimum atomic E-state index is 0.0619. The molecule has 0 aliphatic rings. The second-order valence-corrected chi connectivity index (χ2v) is 5.21. The maximum absolute atomic E-state index is 11.7. The van der Waals surface area contributed by atoms with Gasteiger partial charge in [-0.2, -0.15) is 0 Å². The highest BCUT2D eigenvalue weighted by Crippen LogP contribution is 2.15. The van der Waals surface area contributed by atoms with Crippen LogP contribution in [-0.2, 0) is 17.9 Å². The number of hydrogen-bond donors (Lipinski definition) is 1. The van der Waals surface area contributed by atoms with Gasteiger partial charge in [0, 0.05) is 26.6 Å². The van der Waals surface area contributed by atoms with E-state index in [1.807, 2.05) is 54.6 Å². The lowest BCUT2D eigenvalue weighted by Crippen LogP contribution is -2.27. The lowest BCUT2D eigenvalue weighted by molar-refractivity contribution is -0.130. The molecule has 4 nitrogen and oxygen atoms in total. The summed E-state index contributed by atoms with van der Waals surface area (Å²) in [5.41, 5.74) is 7.60. The number of rotatable bonds is 7. The molecular weight excluding hydrogens is 276 g/mol. The van der Waals surface area contributed by atoms with Crippen molar-refractivity contribution in [3.63, 3.8) is 0 Å². The van der Waals surface area contributed by atoms with E-state index in [0.29, 0.717) is 26.1 Å². The summed E-state index contributed by atoms with van der Waals surface area (Å²) in [6.45, 7) is 1.52. The normalized spacial score (nSPS) is 10.3. The smallest absolute Gasteiger partial charge is 0.223 e. The molecule has 0 aliphatic heterocycles. The minimum Gasteiger partial charge on any atom is -0.489 e. The van der Waals surface area contributed by atoms with E-state index < -0.39 is 0 Å². The Labute approximate surface area is 131 Å². The molecule has 22 heavy (non-hydrogen) atoms. The molecule has 0 atom stereocenters. The van der Waals surface area contributed by atoms with Gasteiger partial charge in [0.2, 0.25) is 5.91 Å². The molecule has 0 bridgehead atoms. The lowest BCUT2D eigenvalue weighted by atomic mass is 10.2. The Balaban J connectivity index is 1.86. The fraction of sp³-hybridized carbons (Fsp3) is 0.278. The molecule has 4 heteroatoms. The van der Waals surface area contributed by atoms with Crippen LogP contribution in [0.15, 0.2) is 54.6 Å². The molecule has 0 spiro atoms. The van der Waals surface area contributed by atoms with Gasteiger partial charge in [-0.1, -0.05) is 42.5 Å². The molecule has 0 heterocycles. The molecule has 0 fully saturated rings. The lowest BCUT2D eigenvalue weighted by Gasteiger charge is -2.17. The zero-order valence-electron chi connectivity index (χ0n) is 12.9. The molecule has 0 aliphatic carbocycles. The van der Waals surface area contributed by atoms with Crippen LogP contribution in [0.1, 0.15) is 17.5 Å². The largest absolute Gasteiger partial charge is 0.489 e. The third kappa shape index (κ3) is 4.90. The van der Waals surface area contributed by atoms with Gasteiger partial charge in [-0.25, -0.2) is 0 Å². The van der Waals surface area contributed by atoms with Crippen molar-refractivity contribution in [1.82, 2.24) is 4.90 Å². The van der Waals surface area contributed by atoms with Crippen molar-refractivity contribution in [1.29, 1.82) is 0 Å². The van der Waals surface area contributed by atoms with Crippen LogP contribution in [-0.4, -0.2) is 24.4 Å². The van der Waals surface area contributed by atoms with Gasteiger partial charge >= 0.3 is 0 Å². The minimum absolute atomic E-state index is 0.0619. The highest BCUT2D eigenvalue weighted by atomic mass is 16.5. The first-order valence-electron chi connectivity index (χ1n) is 7.38. The Bertz CT molecular complexity index is 582. The molecule has 0 radical (unpaired) electrons. The van der Waals surface area contributed by atoms with Crippen LogP contribution in [0.3, 0.4) is 0 Å². The van der Waals surface area contributed by atoms with Gasteiger partial charge in [0.15, 0.2) is 0 Å². The predicted octanol–water partition coefficient (Wildman–Crippen LogP) is 2.57. The Hall–Kier alpha value is -2.33. The Morgan fingerprint density at radius 2 is 1.73 bits per heavy atom. The number of carbonyl (C=O) groups is 1. The number of nitrogens with zero attached hydrogens (tertiary/aromatic N) is 1. The van der Waals surface area contributed by atoms with E-state index in [-0.39, 0.29) is 5.91 Å². The second kappa shape index (κ2) is 8.20. The van der Waals surface area contributed by atoms with Crippen LogP contribution in [0, 0.1) is 0 Å². The van der Waals surface area contributed by atoms with Crippen LogP contribution < -0.4 is 10.5 Å². The van der Waals surface area contributed by atoms with Crippen LogP contribution in [0.25, 0.3) is 0 Å². The number of hydrogen-bond acceptors (Lipinski definition) is 3. The van der Waals surface area contributed by atoms with Gasteiger partial charge in [-0.15, -0.1) is 0 Å². The number of nitrogens with two attached hydrogens (primary N) is 1. The van der Waals surface area contributed by atoms with Gasteiger partial charge < -0.3 is 15.4 Å². The maximum Gasteiger partial charge on any atom is 0.223 e. The van der Waals surface area contributed by atoms with Crippen molar-refractivity contribution in [2.45, 2.75) is 19.6 Å². The van der Waals surface area contributed by atoms with E-state index in [2.05, 4.69) is 0 Å². The van der Waals surface area contributed by atoms with Gasteiger partial charge in [-0.3, -0.25) is 4.79 Å². The average Bonchev–Trinajstić information content (AvgIpc) is 2.55. The standard InChI is InChI=1S/C18H22N2O2/c1-20(18(21)11-12-19)13-15-7-9-17(10-8-15)22-14-16-5-3-2-4-6-16/h2-10H,11-14,19H2,1H3. The molecule has 2 N–H and O–H groups in total. The van der Waals surface area contributed by atoms with Crippen molar-refractivity contribution < 1.29 is 9.53 Å². The number of amides is 1. The SMILES string of the molecule is CN(Cc1ccc(OCc2ccccc2)cc1)C(=O)CCN. The summed E-state index contributed by atoms with van der Waals surface area (Å²) in [5, 5.41) is 0. The number of benzene rings is 2. The van der Waals surface area contributed by atoms with Crippen LogP contribution >= 0.6 is 0 Å². The van der Waals surface area contributed by atoms with Crippen LogP contribution in [0.4, 0.5) is 0 Å². The zero-order valence-corrected chi connectivity index (χ0v) is 12.9. The fourth-order valence-corrected chi connectivity index (χ4v) is 2.11. The molecule has 1 amide bonds. The highest BCUT2D eigenvalue weighted by Gasteiger charge is 2.08. The molecular formula is C18H22N2O2. The molecule has 116 valence electrons. The molecule has 2 aromatic carbocycles. The molecule has 0 saturated carbocycles. The third-order valence-corrected chi connectivity index (χ3v) is 3.38. The summed E-state index contributed by atoms with van der Waals surface area (Å²) >= 11 is 0. The highest BCUT2D eigenvalue weighted by molar-refractivity contribution is 5.76. The van der Waals surface area contributed by atoms with Gasteiger partial charge in [0.25, 0.3) is 0 Å². The Morgan fingerprint density at radius 3 is 2.36 bits per heavy atom. The zero-order chi connectivity index (χ0) is 15.8. The molecule has 2 rings (SSSR count). The van der Waals surface area contributed by atoms with E-state index in [4.69, 9.17) is 10.5 Å². The van der Waals surface area contributed by atoms with Gasteiger partial charge in [0.1, 0.15) is 12.4 Å². The van der Waals surface area contributed by atoms with Gasteiger partial charge in [-0.05, 0) is 23.3 Å². The maximum atomic E-state index is 11.7. The van der Waals surface area contributed by atoms with E-state index >= 15 is 0 Å². The van der Waals surface area contributed by atoms with E-state index in [1.54, 1.807) is 11.9 Å². The first kappa shape index (κ1) is 16.0. The van der Waals surface area contributed by atoms with Crippen molar-refractivity contribution in [2.75, 3.05) is 13.6 Å². The summed E-state index contributed by atoms with van der Waals surface area (Å²) < 4.78 is 5.74. The summed E-state index contributed by atoms with van der Waals surface area (Å²) in [4.78, 5) is 13.4. The first-order chi connectivity index (χ1) is 10.7. The van der Waals surface area contributed by atoms with Crippen molar-refractivity contribution in [3.8, 4) is 5.75 Å². The molecule has 0 aromatic heterocycles. The van der Waals surface area contributed by atoms with Crippen molar-refractivity contribution >= 4 is 5.91 Å². The molecule has 0 saturated heterocycles. The first-order valence-corrected chi connectivity index (χ1v) is 7.38. The number of ether oxygens (including phenoxy) is 1. The van der Waals surface area contributed by atoms with E-state index in [1.165, 1.54) is 0 Å². The summed E-state index contributed by atoms with van der Waals surface area (Å²) in [5.74, 6) is 0.885. The van der Waals surface area contributed by atoms with Crippen molar-refractivity contribution in [2.24, 2.45) is 5.73 Å². The van der Waals surface area contributed by atoms with Crippen LogP contribution in [0.2, 0.25) is 0 Å². The second-order valence-electron chi connectivity index (χ2n) is 5.21. The van der Waals surface area contributed by atoms with Crippen LogP contribution in [0.5, 0.6) is 5.75 Å². The monoisotopic (exact) mass is 298 g/mol. The topological polar surface area (TPSA) is 55.6 Å².